The van der Waals surface area contributed by atoms with Crippen LogP contribution in [-0.2, 0) is 14.3 Å². The summed E-state index contributed by atoms with van der Waals surface area (Å²) >= 11 is 0. The minimum absolute atomic E-state index is 0.0806. The first kappa shape index (κ1) is 23.8. The van der Waals surface area contributed by atoms with Crippen LogP contribution in [0.3, 0.4) is 0 Å². The highest BCUT2D eigenvalue weighted by atomic mass is 19.3. The zero-order valence-corrected chi connectivity index (χ0v) is 19.4. The van der Waals surface area contributed by atoms with E-state index in [1.165, 1.54) is 5.57 Å². The molecule has 4 aliphatic rings. The topological polar surface area (TPSA) is 95.4 Å². The van der Waals surface area contributed by atoms with Crippen molar-refractivity contribution in [3.8, 4) is 0 Å². The SMILES string of the molecule is CC12CCC(=O)C=C1CCC1C2CCC2(C)C(OC(=O)C(N)(CCCN)C(F)F)CCC12. The minimum atomic E-state index is -2.99. The molecule has 0 amide bonds. The lowest BCUT2D eigenvalue weighted by atomic mass is 9.47. The number of halogens is 2. The van der Waals surface area contributed by atoms with Crippen molar-refractivity contribution >= 4 is 11.8 Å². The van der Waals surface area contributed by atoms with Crippen LogP contribution in [0.25, 0.3) is 0 Å². The molecule has 0 radical (unpaired) electrons. The fourth-order valence-electron chi connectivity index (χ4n) is 7.64. The van der Waals surface area contributed by atoms with E-state index >= 15 is 0 Å². The molecule has 4 aliphatic carbocycles. The Morgan fingerprint density at radius 2 is 1.94 bits per heavy atom. The Bertz CT molecular complexity index is 802. The Morgan fingerprint density at radius 1 is 1.19 bits per heavy atom. The largest absolute Gasteiger partial charge is 0.460 e. The molecule has 0 heterocycles. The summed E-state index contributed by atoms with van der Waals surface area (Å²) in [7, 11) is 0. The van der Waals surface area contributed by atoms with E-state index < -0.39 is 17.9 Å². The highest BCUT2D eigenvalue weighted by Crippen LogP contribution is 2.65. The molecular formula is C25H38F2N2O3. The Balaban J connectivity index is 1.51. The average Bonchev–Trinajstić information content (AvgIpc) is 3.08. The highest BCUT2D eigenvalue weighted by Gasteiger charge is 2.60. The van der Waals surface area contributed by atoms with Gasteiger partial charge in [-0.1, -0.05) is 19.4 Å². The number of hydrogen-bond donors (Lipinski definition) is 2. The van der Waals surface area contributed by atoms with Gasteiger partial charge in [0.2, 0.25) is 0 Å². The lowest BCUT2D eigenvalue weighted by Crippen LogP contribution is -2.57. The van der Waals surface area contributed by atoms with Gasteiger partial charge in [0.1, 0.15) is 6.10 Å². The molecule has 0 spiro atoms. The molecule has 32 heavy (non-hydrogen) atoms. The van der Waals surface area contributed by atoms with E-state index in [4.69, 9.17) is 16.2 Å². The molecule has 0 aliphatic heterocycles. The molecule has 7 unspecified atom stereocenters. The van der Waals surface area contributed by atoms with Gasteiger partial charge in [0.05, 0.1) is 0 Å². The molecule has 0 aromatic heterocycles. The number of fused-ring (bicyclic) bond motifs is 5. The number of carbonyl (C=O) groups excluding carboxylic acids is 2. The van der Waals surface area contributed by atoms with Crippen molar-refractivity contribution < 1.29 is 23.1 Å². The van der Waals surface area contributed by atoms with Gasteiger partial charge in [-0.3, -0.25) is 4.79 Å². The number of allylic oxidation sites excluding steroid dienone is 1. The molecule has 5 nitrogen and oxygen atoms in total. The molecule has 0 aromatic rings. The van der Waals surface area contributed by atoms with Crippen LogP contribution in [0.15, 0.2) is 11.6 Å². The van der Waals surface area contributed by atoms with Gasteiger partial charge in [-0.2, -0.15) is 0 Å². The van der Waals surface area contributed by atoms with Crippen LogP contribution in [0.4, 0.5) is 8.78 Å². The lowest BCUT2D eigenvalue weighted by Gasteiger charge is -2.57. The molecule has 0 saturated heterocycles. The maximum atomic E-state index is 13.7. The number of alkyl halides is 2. The van der Waals surface area contributed by atoms with E-state index in [-0.39, 0.29) is 42.1 Å². The maximum Gasteiger partial charge on any atom is 0.332 e. The Morgan fingerprint density at radius 3 is 2.62 bits per heavy atom. The summed E-state index contributed by atoms with van der Waals surface area (Å²) in [4.78, 5) is 24.8. The number of nitrogens with two attached hydrogens (primary N) is 2. The van der Waals surface area contributed by atoms with Gasteiger partial charge in [0.15, 0.2) is 11.3 Å². The quantitative estimate of drug-likeness (QED) is 0.591. The predicted molar refractivity (Wildman–Crippen MR) is 118 cm³/mol. The first-order valence-electron chi connectivity index (χ1n) is 12.3. The van der Waals surface area contributed by atoms with Gasteiger partial charge in [0.25, 0.3) is 6.43 Å². The second-order valence-corrected chi connectivity index (χ2v) is 11.2. The van der Waals surface area contributed by atoms with Crippen LogP contribution in [0.2, 0.25) is 0 Å². The standard InChI is InChI=1S/C25H38F2N2O3/c1-23-11-8-16(30)14-15(23)4-5-17-18-6-7-20(24(18,2)12-9-19(17)23)32-22(31)25(29,21(26)27)10-3-13-28/h14,17-21H,3-13,28-29H2,1-2H3. The van der Waals surface area contributed by atoms with Crippen LogP contribution in [-0.4, -0.2) is 36.4 Å². The second-order valence-electron chi connectivity index (χ2n) is 11.2. The van der Waals surface area contributed by atoms with Crippen molar-refractivity contribution in [1.82, 2.24) is 0 Å². The van der Waals surface area contributed by atoms with Gasteiger partial charge in [0, 0.05) is 11.8 Å². The fraction of sp³-hybridized carbons (Fsp3) is 0.840. The summed E-state index contributed by atoms with van der Waals surface area (Å²) in [6.07, 6.45) is 5.73. The molecule has 7 heteroatoms. The number of esters is 1. The molecule has 4 rings (SSSR count). The van der Waals surface area contributed by atoms with Crippen molar-refractivity contribution in [1.29, 1.82) is 0 Å². The number of ether oxygens (including phenoxy) is 1. The molecular weight excluding hydrogens is 414 g/mol. The summed E-state index contributed by atoms with van der Waals surface area (Å²) in [5, 5.41) is 0. The van der Waals surface area contributed by atoms with Crippen molar-refractivity contribution in [2.75, 3.05) is 6.54 Å². The summed E-state index contributed by atoms with van der Waals surface area (Å²) in [5.41, 5.74) is 10.2. The number of carbonyl (C=O) groups is 2. The minimum Gasteiger partial charge on any atom is -0.460 e. The number of rotatable bonds is 6. The van der Waals surface area contributed by atoms with Crippen LogP contribution in [0, 0.1) is 28.6 Å². The van der Waals surface area contributed by atoms with E-state index in [1.807, 2.05) is 6.08 Å². The number of ketones is 1. The van der Waals surface area contributed by atoms with Crippen molar-refractivity contribution in [2.45, 2.75) is 96.1 Å². The van der Waals surface area contributed by atoms with Gasteiger partial charge >= 0.3 is 5.97 Å². The van der Waals surface area contributed by atoms with Gasteiger partial charge in [-0.05, 0) is 93.6 Å². The van der Waals surface area contributed by atoms with E-state index in [9.17, 15) is 18.4 Å². The van der Waals surface area contributed by atoms with E-state index in [0.717, 1.165) is 38.5 Å². The fourth-order valence-corrected chi connectivity index (χ4v) is 7.64. The third kappa shape index (κ3) is 3.64. The average molecular weight is 453 g/mol. The van der Waals surface area contributed by atoms with Crippen molar-refractivity contribution in [2.24, 2.45) is 40.1 Å². The molecule has 180 valence electrons. The van der Waals surface area contributed by atoms with Gasteiger partial charge in [-0.25, -0.2) is 13.6 Å². The molecule has 0 aromatic carbocycles. The highest BCUT2D eigenvalue weighted by molar-refractivity contribution is 5.91. The molecule has 4 N–H and O–H groups in total. The first-order chi connectivity index (χ1) is 15.1. The summed E-state index contributed by atoms with van der Waals surface area (Å²) in [6, 6.07) is 0. The second kappa shape index (κ2) is 8.46. The van der Waals surface area contributed by atoms with Crippen LogP contribution in [0.1, 0.15) is 78.1 Å². The third-order valence-corrected chi connectivity index (χ3v) is 9.69. The van der Waals surface area contributed by atoms with Crippen LogP contribution in [0.5, 0.6) is 0 Å². The Kier molecular flexibility index (Phi) is 6.29. The molecule has 0 bridgehead atoms. The maximum absolute atomic E-state index is 13.7. The first-order valence-corrected chi connectivity index (χ1v) is 12.3. The van der Waals surface area contributed by atoms with Gasteiger partial charge in [-0.15, -0.1) is 0 Å². The summed E-state index contributed by atoms with van der Waals surface area (Å²) in [6.45, 7) is 4.71. The monoisotopic (exact) mass is 452 g/mol. The van der Waals surface area contributed by atoms with E-state index in [0.29, 0.717) is 30.6 Å². The van der Waals surface area contributed by atoms with Crippen LogP contribution < -0.4 is 11.5 Å². The molecule has 3 fully saturated rings. The zero-order valence-electron chi connectivity index (χ0n) is 19.4. The van der Waals surface area contributed by atoms with Gasteiger partial charge < -0.3 is 16.2 Å². The van der Waals surface area contributed by atoms with Crippen molar-refractivity contribution in [3.63, 3.8) is 0 Å². The number of hydrogen-bond acceptors (Lipinski definition) is 5. The summed E-state index contributed by atoms with van der Waals surface area (Å²) in [5.74, 6) is 0.716. The Labute approximate surface area is 189 Å². The third-order valence-electron chi connectivity index (χ3n) is 9.69. The predicted octanol–water partition coefficient (Wildman–Crippen LogP) is 4.13. The molecule has 7 atom stereocenters. The zero-order chi connectivity index (χ0) is 23.3. The smallest absolute Gasteiger partial charge is 0.332 e. The van der Waals surface area contributed by atoms with Crippen LogP contribution >= 0.6 is 0 Å². The lowest BCUT2D eigenvalue weighted by molar-refractivity contribution is -0.172. The molecule has 3 saturated carbocycles. The van der Waals surface area contributed by atoms with E-state index in [2.05, 4.69) is 13.8 Å². The van der Waals surface area contributed by atoms with E-state index in [1.54, 1.807) is 0 Å². The van der Waals surface area contributed by atoms with Crippen molar-refractivity contribution in [3.05, 3.63) is 11.6 Å². The summed E-state index contributed by atoms with van der Waals surface area (Å²) < 4.78 is 33.2. The Hall–Kier alpha value is -1.34. The normalized spacial score (nSPS) is 40.7.